The quantitative estimate of drug-likeness (QED) is 0.744. The Labute approximate surface area is 128 Å². The van der Waals surface area contributed by atoms with Gasteiger partial charge in [-0.05, 0) is 18.6 Å². The van der Waals surface area contributed by atoms with Crippen LogP contribution < -0.4 is 15.4 Å². The Bertz CT molecular complexity index is 473. The zero-order valence-electron chi connectivity index (χ0n) is 13.2. The third kappa shape index (κ3) is 4.13. The minimum atomic E-state index is 0.388. The van der Waals surface area contributed by atoms with E-state index >= 15 is 0 Å². The molecule has 1 aliphatic heterocycles. The van der Waals surface area contributed by atoms with Crippen molar-refractivity contribution in [3.63, 3.8) is 0 Å². The lowest BCUT2D eigenvalue weighted by molar-refractivity contribution is 0.415. The Kier molecular flexibility index (Phi) is 5.90. The normalized spacial score (nSPS) is 17.9. The van der Waals surface area contributed by atoms with Gasteiger partial charge in [0.1, 0.15) is 5.75 Å². The molecule has 116 valence electrons. The lowest BCUT2D eigenvalue weighted by Gasteiger charge is -2.26. The molecule has 2 rings (SSSR count). The molecule has 0 saturated carbocycles. The SMILES string of the molecule is CCCCCCCC1CN=C(N)N1c1cccc(OC)c1. The summed E-state index contributed by atoms with van der Waals surface area (Å²) in [6, 6.07) is 8.43. The first-order valence-corrected chi connectivity index (χ1v) is 7.99. The van der Waals surface area contributed by atoms with Crippen LogP contribution in [0.15, 0.2) is 29.3 Å². The van der Waals surface area contributed by atoms with Crippen LogP contribution in [-0.2, 0) is 0 Å². The summed E-state index contributed by atoms with van der Waals surface area (Å²) >= 11 is 0. The Morgan fingerprint density at radius 2 is 2.10 bits per heavy atom. The molecule has 21 heavy (non-hydrogen) atoms. The first kappa shape index (κ1) is 15.7. The van der Waals surface area contributed by atoms with Crippen molar-refractivity contribution in [3.05, 3.63) is 24.3 Å². The van der Waals surface area contributed by atoms with E-state index in [4.69, 9.17) is 10.5 Å². The van der Waals surface area contributed by atoms with E-state index in [1.165, 1.54) is 32.1 Å². The molecule has 0 amide bonds. The number of benzene rings is 1. The Balaban J connectivity index is 1.96. The molecule has 0 fully saturated rings. The summed E-state index contributed by atoms with van der Waals surface area (Å²) in [6.07, 6.45) is 7.65. The Morgan fingerprint density at radius 1 is 1.29 bits per heavy atom. The molecular weight excluding hydrogens is 262 g/mol. The summed E-state index contributed by atoms with van der Waals surface area (Å²) in [7, 11) is 1.69. The maximum absolute atomic E-state index is 6.08. The zero-order valence-corrected chi connectivity index (χ0v) is 13.2. The largest absolute Gasteiger partial charge is 0.497 e. The van der Waals surface area contributed by atoms with Crippen LogP contribution in [0.2, 0.25) is 0 Å². The van der Waals surface area contributed by atoms with Crippen LogP contribution in [0.25, 0.3) is 0 Å². The lowest BCUT2D eigenvalue weighted by atomic mass is 10.1. The topological polar surface area (TPSA) is 50.8 Å². The number of anilines is 1. The summed E-state index contributed by atoms with van der Waals surface area (Å²) in [5, 5.41) is 0. The van der Waals surface area contributed by atoms with Crippen LogP contribution in [0.3, 0.4) is 0 Å². The highest BCUT2D eigenvalue weighted by molar-refractivity contribution is 5.97. The zero-order chi connectivity index (χ0) is 15.1. The van der Waals surface area contributed by atoms with Gasteiger partial charge in [0.25, 0.3) is 0 Å². The molecule has 0 spiro atoms. The van der Waals surface area contributed by atoms with E-state index in [0.29, 0.717) is 12.0 Å². The van der Waals surface area contributed by atoms with Crippen molar-refractivity contribution in [2.45, 2.75) is 51.5 Å². The average Bonchev–Trinajstić information content (AvgIpc) is 2.88. The molecule has 4 nitrogen and oxygen atoms in total. The van der Waals surface area contributed by atoms with Crippen molar-refractivity contribution in [2.75, 3.05) is 18.6 Å². The fourth-order valence-electron chi connectivity index (χ4n) is 2.85. The number of aliphatic imine (C=N–C) groups is 1. The molecule has 4 heteroatoms. The molecule has 1 aliphatic rings. The van der Waals surface area contributed by atoms with Crippen LogP contribution >= 0.6 is 0 Å². The van der Waals surface area contributed by atoms with Crippen LogP contribution in [0.4, 0.5) is 5.69 Å². The fourth-order valence-corrected chi connectivity index (χ4v) is 2.85. The number of nitrogens with zero attached hydrogens (tertiary/aromatic N) is 2. The van der Waals surface area contributed by atoms with E-state index in [-0.39, 0.29) is 0 Å². The first-order chi connectivity index (χ1) is 10.3. The third-order valence-corrected chi connectivity index (χ3v) is 4.05. The van der Waals surface area contributed by atoms with Gasteiger partial charge >= 0.3 is 0 Å². The number of unbranched alkanes of at least 4 members (excludes halogenated alkanes) is 4. The van der Waals surface area contributed by atoms with Crippen molar-refractivity contribution in [1.82, 2.24) is 0 Å². The number of methoxy groups -OCH3 is 1. The third-order valence-electron chi connectivity index (χ3n) is 4.05. The van der Waals surface area contributed by atoms with Gasteiger partial charge in [-0.25, -0.2) is 0 Å². The maximum Gasteiger partial charge on any atom is 0.196 e. The first-order valence-electron chi connectivity index (χ1n) is 7.99. The van der Waals surface area contributed by atoms with Crippen LogP contribution in [0.1, 0.15) is 45.4 Å². The summed E-state index contributed by atoms with van der Waals surface area (Å²) in [5.41, 5.74) is 7.16. The van der Waals surface area contributed by atoms with Crippen molar-refractivity contribution in [1.29, 1.82) is 0 Å². The van der Waals surface area contributed by atoms with E-state index in [0.717, 1.165) is 24.4 Å². The van der Waals surface area contributed by atoms with Gasteiger partial charge in [0.05, 0.1) is 19.7 Å². The van der Waals surface area contributed by atoms with Crippen LogP contribution in [0, 0.1) is 0 Å². The minimum absolute atomic E-state index is 0.388. The Hall–Kier alpha value is -1.71. The molecule has 2 N–H and O–H groups in total. The average molecular weight is 289 g/mol. The number of guanidine groups is 1. The molecule has 1 aromatic rings. The lowest BCUT2D eigenvalue weighted by Crippen LogP contribution is -2.40. The maximum atomic E-state index is 6.08. The number of hydrogen-bond acceptors (Lipinski definition) is 4. The number of ether oxygens (including phenoxy) is 1. The van der Waals surface area contributed by atoms with Gasteiger partial charge in [-0.1, -0.05) is 45.1 Å². The fraction of sp³-hybridized carbons (Fsp3) is 0.588. The van der Waals surface area contributed by atoms with Gasteiger partial charge in [-0.2, -0.15) is 0 Å². The molecule has 1 unspecified atom stereocenters. The van der Waals surface area contributed by atoms with E-state index in [2.05, 4.69) is 22.9 Å². The molecule has 0 radical (unpaired) electrons. The van der Waals surface area contributed by atoms with Gasteiger partial charge in [0, 0.05) is 11.8 Å². The second-order valence-electron chi connectivity index (χ2n) is 5.63. The van der Waals surface area contributed by atoms with Crippen molar-refractivity contribution in [3.8, 4) is 5.75 Å². The molecule has 0 aromatic heterocycles. The van der Waals surface area contributed by atoms with Gasteiger partial charge in [0.2, 0.25) is 0 Å². The van der Waals surface area contributed by atoms with Crippen molar-refractivity contribution >= 4 is 11.6 Å². The summed E-state index contributed by atoms with van der Waals surface area (Å²) in [4.78, 5) is 6.58. The molecule has 1 aromatic carbocycles. The second kappa shape index (κ2) is 7.91. The van der Waals surface area contributed by atoms with Gasteiger partial charge in [0.15, 0.2) is 5.96 Å². The van der Waals surface area contributed by atoms with Crippen molar-refractivity contribution in [2.24, 2.45) is 10.7 Å². The molecule has 0 bridgehead atoms. The van der Waals surface area contributed by atoms with Crippen molar-refractivity contribution < 1.29 is 4.74 Å². The molecule has 0 aliphatic carbocycles. The monoisotopic (exact) mass is 289 g/mol. The summed E-state index contributed by atoms with van der Waals surface area (Å²) in [5.74, 6) is 1.48. The van der Waals surface area contributed by atoms with Gasteiger partial charge in [-0.15, -0.1) is 0 Å². The molecular formula is C17H27N3O. The minimum Gasteiger partial charge on any atom is -0.497 e. The highest BCUT2D eigenvalue weighted by Gasteiger charge is 2.27. The Morgan fingerprint density at radius 3 is 2.86 bits per heavy atom. The number of hydrogen-bond donors (Lipinski definition) is 1. The standard InChI is InChI=1S/C17H27N3O/c1-3-4-5-6-7-9-15-13-19-17(18)20(15)14-10-8-11-16(12-14)21-2/h8,10-12,15H,3-7,9,13H2,1-2H3,(H2,18,19). The summed E-state index contributed by atoms with van der Waals surface area (Å²) < 4.78 is 5.30. The van der Waals surface area contributed by atoms with E-state index in [1.54, 1.807) is 7.11 Å². The van der Waals surface area contributed by atoms with Gasteiger partial charge < -0.3 is 15.4 Å². The number of nitrogens with two attached hydrogens (primary N) is 1. The molecule has 1 atom stereocenters. The van der Waals surface area contributed by atoms with E-state index < -0.39 is 0 Å². The number of rotatable bonds is 8. The van der Waals surface area contributed by atoms with Crippen LogP contribution in [-0.4, -0.2) is 25.7 Å². The smallest absolute Gasteiger partial charge is 0.196 e. The molecule has 0 saturated heterocycles. The predicted molar refractivity (Wildman–Crippen MR) is 89.1 cm³/mol. The summed E-state index contributed by atoms with van der Waals surface area (Å²) in [6.45, 7) is 3.05. The predicted octanol–water partition coefficient (Wildman–Crippen LogP) is 3.56. The highest BCUT2D eigenvalue weighted by atomic mass is 16.5. The molecule has 1 heterocycles. The second-order valence-corrected chi connectivity index (χ2v) is 5.63. The van der Waals surface area contributed by atoms with E-state index in [9.17, 15) is 0 Å². The van der Waals surface area contributed by atoms with E-state index in [1.807, 2.05) is 18.2 Å². The highest BCUT2D eigenvalue weighted by Crippen LogP contribution is 2.27. The van der Waals surface area contributed by atoms with Crippen LogP contribution in [0.5, 0.6) is 5.75 Å². The van der Waals surface area contributed by atoms with Gasteiger partial charge in [-0.3, -0.25) is 4.99 Å².